The van der Waals surface area contributed by atoms with Crippen LogP contribution in [0.4, 0.5) is 0 Å². The van der Waals surface area contributed by atoms with Gasteiger partial charge in [0.15, 0.2) is 0 Å². The first-order valence-electron chi connectivity index (χ1n) is 7.85. The maximum absolute atomic E-state index is 12.1. The predicted molar refractivity (Wildman–Crippen MR) is 91.2 cm³/mol. The molecule has 1 atom stereocenters. The quantitative estimate of drug-likeness (QED) is 0.886. The van der Waals surface area contributed by atoms with Crippen LogP contribution in [0.1, 0.15) is 17.5 Å². The Labute approximate surface area is 141 Å². The zero-order chi connectivity index (χ0) is 16.1. The zero-order valence-electron chi connectivity index (χ0n) is 12.9. The van der Waals surface area contributed by atoms with Crippen LogP contribution in [-0.2, 0) is 17.8 Å². The number of likely N-dealkylation sites (tertiary alicyclic amines) is 1. The number of rotatable bonds is 6. The lowest BCUT2D eigenvalue weighted by Gasteiger charge is -2.17. The monoisotopic (exact) mass is 329 g/mol. The molecule has 1 amide bonds. The molecule has 1 aliphatic rings. The van der Waals surface area contributed by atoms with E-state index in [1.54, 1.807) is 12.4 Å². The number of pyridine rings is 1. The Morgan fingerprint density at radius 2 is 2.04 bits per heavy atom. The zero-order valence-corrected chi connectivity index (χ0v) is 13.7. The van der Waals surface area contributed by atoms with Crippen LogP contribution >= 0.6 is 11.6 Å². The highest BCUT2D eigenvalue weighted by Crippen LogP contribution is 2.15. The second kappa shape index (κ2) is 7.57. The number of hydrogen-bond donors (Lipinski definition) is 1. The summed E-state index contributed by atoms with van der Waals surface area (Å²) in [5.74, 6) is 0.222. The Bertz CT molecular complexity index is 662. The minimum absolute atomic E-state index is 0.218. The van der Waals surface area contributed by atoms with E-state index in [2.05, 4.69) is 10.3 Å². The van der Waals surface area contributed by atoms with E-state index in [4.69, 9.17) is 11.6 Å². The van der Waals surface area contributed by atoms with Gasteiger partial charge in [0.25, 0.3) is 0 Å². The summed E-state index contributed by atoms with van der Waals surface area (Å²) in [4.78, 5) is 18.1. The summed E-state index contributed by atoms with van der Waals surface area (Å²) < 4.78 is 0. The van der Waals surface area contributed by atoms with Gasteiger partial charge >= 0.3 is 0 Å². The molecule has 2 aromatic rings. The largest absolute Gasteiger partial charge is 0.341 e. The summed E-state index contributed by atoms with van der Waals surface area (Å²) in [5.41, 5.74) is 2.35. The van der Waals surface area contributed by atoms with Gasteiger partial charge in [-0.15, -0.1) is 0 Å². The highest BCUT2D eigenvalue weighted by atomic mass is 35.5. The predicted octanol–water partition coefficient (Wildman–Crippen LogP) is 2.67. The van der Waals surface area contributed by atoms with E-state index < -0.39 is 0 Å². The Balaban J connectivity index is 1.47. The maximum atomic E-state index is 12.1. The smallest absolute Gasteiger partial charge is 0.224 e. The van der Waals surface area contributed by atoms with Crippen LogP contribution in [0.25, 0.3) is 0 Å². The third-order valence-electron chi connectivity index (χ3n) is 4.12. The molecule has 120 valence electrons. The lowest BCUT2D eigenvalue weighted by Crippen LogP contribution is -2.33. The van der Waals surface area contributed by atoms with Gasteiger partial charge in [-0.1, -0.05) is 23.7 Å². The fraction of sp³-hybridized carbons (Fsp3) is 0.333. The minimum atomic E-state index is 0.218. The molecule has 1 aromatic carbocycles. The van der Waals surface area contributed by atoms with Gasteiger partial charge in [-0.3, -0.25) is 9.78 Å². The molecule has 1 aromatic heterocycles. The van der Waals surface area contributed by atoms with Crippen LogP contribution in [0.15, 0.2) is 48.8 Å². The standard InChI is InChI=1S/C18H20ClN3O/c19-16-3-1-2-14(10-16)6-9-22-13-17(11-18(22)23)21-12-15-4-7-20-8-5-15/h1-5,7-8,10,17,21H,6,9,11-13H2/t17-/m0/s1. The minimum Gasteiger partial charge on any atom is -0.341 e. The lowest BCUT2D eigenvalue weighted by molar-refractivity contribution is -0.127. The molecule has 23 heavy (non-hydrogen) atoms. The molecule has 5 heteroatoms. The van der Waals surface area contributed by atoms with Crippen LogP contribution in [0.2, 0.25) is 5.02 Å². The molecule has 1 aliphatic heterocycles. The number of halogens is 1. The number of carbonyl (C=O) groups excluding carboxylic acids is 1. The van der Waals surface area contributed by atoms with Crippen molar-refractivity contribution in [2.24, 2.45) is 0 Å². The van der Waals surface area contributed by atoms with Crippen molar-refractivity contribution < 1.29 is 4.79 Å². The van der Waals surface area contributed by atoms with Crippen molar-refractivity contribution in [3.05, 3.63) is 64.9 Å². The molecule has 0 bridgehead atoms. The third kappa shape index (κ3) is 4.53. The van der Waals surface area contributed by atoms with E-state index in [1.165, 1.54) is 11.1 Å². The molecule has 4 nitrogen and oxygen atoms in total. The Morgan fingerprint density at radius 1 is 1.22 bits per heavy atom. The van der Waals surface area contributed by atoms with Crippen LogP contribution in [0.5, 0.6) is 0 Å². The van der Waals surface area contributed by atoms with Gasteiger partial charge in [0, 0.05) is 49.5 Å². The summed E-state index contributed by atoms with van der Waals surface area (Å²) in [6, 6.07) is 12.0. The molecule has 0 aliphatic carbocycles. The summed E-state index contributed by atoms with van der Waals surface area (Å²) in [6.07, 6.45) is 4.98. The van der Waals surface area contributed by atoms with E-state index in [9.17, 15) is 4.79 Å². The third-order valence-corrected chi connectivity index (χ3v) is 4.35. The normalized spacial score (nSPS) is 17.7. The average molecular weight is 330 g/mol. The fourth-order valence-electron chi connectivity index (χ4n) is 2.84. The number of aromatic nitrogens is 1. The summed E-state index contributed by atoms with van der Waals surface area (Å²) in [7, 11) is 0. The van der Waals surface area contributed by atoms with Crippen LogP contribution < -0.4 is 5.32 Å². The van der Waals surface area contributed by atoms with Gasteiger partial charge in [0.05, 0.1) is 0 Å². The van der Waals surface area contributed by atoms with Crippen molar-refractivity contribution >= 4 is 17.5 Å². The molecule has 3 rings (SSSR count). The maximum Gasteiger partial charge on any atom is 0.224 e. The first-order valence-corrected chi connectivity index (χ1v) is 8.23. The number of benzene rings is 1. The Kier molecular flexibility index (Phi) is 5.26. The van der Waals surface area contributed by atoms with Gasteiger partial charge in [0.1, 0.15) is 0 Å². The van der Waals surface area contributed by atoms with Crippen molar-refractivity contribution in [2.45, 2.75) is 25.4 Å². The molecule has 2 heterocycles. The highest BCUT2D eigenvalue weighted by molar-refractivity contribution is 6.30. The van der Waals surface area contributed by atoms with Gasteiger partial charge in [-0.05, 0) is 41.8 Å². The number of nitrogens with one attached hydrogen (secondary N) is 1. The van der Waals surface area contributed by atoms with Crippen LogP contribution in [0, 0.1) is 0 Å². The molecular formula is C18H20ClN3O. The fourth-order valence-corrected chi connectivity index (χ4v) is 3.06. The number of carbonyl (C=O) groups is 1. The molecule has 1 fully saturated rings. The van der Waals surface area contributed by atoms with Gasteiger partial charge in [-0.2, -0.15) is 0 Å². The molecule has 0 saturated carbocycles. The van der Waals surface area contributed by atoms with E-state index in [0.717, 1.165) is 31.1 Å². The molecule has 1 N–H and O–H groups in total. The van der Waals surface area contributed by atoms with Crippen molar-refractivity contribution in [3.8, 4) is 0 Å². The average Bonchev–Trinajstić information content (AvgIpc) is 2.92. The van der Waals surface area contributed by atoms with E-state index in [-0.39, 0.29) is 11.9 Å². The number of amides is 1. The number of hydrogen-bond acceptors (Lipinski definition) is 3. The van der Waals surface area contributed by atoms with Crippen molar-refractivity contribution in [1.82, 2.24) is 15.2 Å². The number of nitrogens with zero attached hydrogens (tertiary/aromatic N) is 2. The van der Waals surface area contributed by atoms with Gasteiger partial charge in [-0.25, -0.2) is 0 Å². The highest BCUT2D eigenvalue weighted by Gasteiger charge is 2.28. The molecule has 1 saturated heterocycles. The van der Waals surface area contributed by atoms with Crippen molar-refractivity contribution in [3.63, 3.8) is 0 Å². The summed E-state index contributed by atoms with van der Waals surface area (Å²) in [6.45, 7) is 2.28. The van der Waals surface area contributed by atoms with E-state index in [1.807, 2.05) is 41.3 Å². The first kappa shape index (κ1) is 16.0. The van der Waals surface area contributed by atoms with E-state index >= 15 is 0 Å². The molecular weight excluding hydrogens is 310 g/mol. The van der Waals surface area contributed by atoms with Crippen LogP contribution in [0.3, 0.4) is 0 Å². The van der Waals surface area contributed by atoms with Crippen LogP contribution in [-0.4, -0.2) is 34.9 Å². The second-order valence-electron chi connectivity index (χ2n) is 5.86. The second-order valence-corrected chi connectivity index (χ2v) is 6.29. The lowest BCUT2D eigenvalue weighted by atomic mass is 10.1. The Morgan fingerprint density at radius 3 is 2.83 bits per heavy atom. The van der Waals surface area contributed by atoms with Gasteiger partial charge < -0.3 is 10.2 Å². The molecule has 0 radical (unpaired) electrons. The molecule has 0 unspecified atom stereocenters. The van der Waals surface area contributed by atoms with Crippen molar-refractivity contribution in [1.29, 1.82) is 0 Å². The summed E-state index contributed by atoms with van der Waals surface area (Å²) >= 11 is 6.00. The van der Waals surface area contributed by atoms with Crippen molar-refractivity contribution in [2.75, 3.05) is 13.1 Å². The first-order chi connectivity index (χ1) is 11.2. The van der Waals surface area contributed by atoms with Gasteiger partial charge in [0.2, 0.25) is 5.91 Å². The Hall–Kier alpha value is -1.91. The SMILES string of the molecule is O=C1C[C@H](NCc2ccncc2)CN1CCc1cccc(Cl)c1. The van der Waals surface area contributed by atoms with E-state index in [0.29, 0.717) is 6.42 Å². The molecule has 0 spiro atoms. The topological polar surface area (TPSA) is 45.2 Å². The summed E-state index contributed by atoms with van der Waals surface area (Å²) in [5, 5.41) is 4.20.